The zero-order valence-corrected chi connectivity index (χ0v) is 18.7. The second kappa shape index (κ2) is 8.57. The first-order chi connectivity index (χ1) is 14.5. The highest BCUT2D eigenvalue weighted by Crippen LogP contribution is 2.32. The van der Waals surface area contributed by atoms with Gasteiger partial charge >= 0.3 is 0 Å². The molecule has 1 aromatic carbocycles. The van der Waals surface area contributed by atoms with Gasteiger partial charge in [0.2, 0.25) is 5.95 Å². The second-order valence-electron chi connectivity index (χ2n) is 7.07. The molecule has 156 valence electrons. The Labute approximate surface area is 183 Å². The molecule has 3 heterocycles. The second-order valence-corrected chi connectivity index (χ2v) is 8.48. The molecule has 0 aliphatic carbocycles. The monoisotopic (exact) mass is 442 g/mol. The third-order valence-electron chi connectivity index (χ3n) is 4.90. The molecule has 7 nitrogen and oxygen atoms in total. The molecule has 0 amide bonds. The van der Waals surface area contributed by atoms with Gasteiger partial charge in [-0.25, -0.2) is 19.2 Å². The Morgan fingerprint density at radius 3 is 2.43 bits per heavy atom. The fraction of sp³-hybridized carbons (Fsp3) is 0.333. The third-order valence-corrected chi connectivity index (χ3v) is 6.33. The lowest BCUT2D eigenvalue weighted by atomic mass is 10.2. The van der Waals surface area contributed by atoms with Crippen LogP contribution in [0.1, 0.15) is 32.3 Å². The topological polar surface area (TPSA) is 68.8 Å². The molecule has 0 saturated heterocycles. The number of halogens is 1. The molecule has 4 rings (SSSR count). The van der Waals surface area contributed by atoms with E-state index in [-0.39, 0.29) is 5.56 Å². The van der Waals surface area contributed by atoms with Crippen LogP contribution in [0.4, 0.5) is 5.95 Å². The van der Waals surface area contributed by atoms with Crippen molar-refractivity contribution >= 4 is 39.1 Å². The molecule has 0 fully saturated rings. The van der Waals surface area contributed by atoms with Crippen molar-refractivity contribution in [1.82, 2.24) is 24.3 Å². The zero-order chi connectivity index (χ0) is 21.3. The highest BCUT2D eigenvalue weighted by Gasteiger charge is 2.22. The number of fused-ring (bicyclic) bond motifs is 1. The minimum absolute atomic E-state index is 0.0883. The van der Waals surface area contributed by atoms with E-state index in [0.29, 0.717) is 21.2 Å². The number of aromatic nitrogens is 5. The summed E-state index contributed by atoms with van der Waals surface area (Å²) in [5.41, 5.74) is 1.51. The van der Waals surface area contributed by atoms with E-state index in [1.54, 1.807) is 27.7 Å². The average Bonchev–Trinajstić information content (AvgIpc) is 3.37. The van der Waals surface area contributed by atoms with Crippen molar-refractivity contribution in [1.29, 1.82) is 0 Å². The van der Waals surface area contributed by atoms with Gasteiger partial charge in [-0.1, -0.05) is 36.8 Å². The molecule has 9 heteroatoms. The van der Waals surface area contributed by atoms with Crippen LogP contribution in [-0.2, 0) is 0 Å². The van der Waals surface area contributed by atoms with E-state index in [0.717, 1.165) is 42.2 Å². The van der Waals surface area contributed by atoms with Gasteiger partial charge in [0.1, 0.15) is 22.5 Å². The molecule has 0 radical (unpaired) electrons. The van der Waals surface area contributed by atoms with Crippen molar-refractivity contribution in [2.75, 3.05) is 18.0 Å². The van der Waals surface area contributed by atoms with E-state index in [9.17, 15) is 4.79 Å². The molecule has 0 N–H and O–H groups in total. The first kappa shape index (κ1) is 20.6. The van der Waals surface area contributed by atoms with Crippen molar-refractivity contribution < 1.29 is 0 Å². The number of thiophene rings is 1. The third kappa shape index (κ3) is 3.61. The van der Waals surface area contributed by atoms with Crippen LogP contribution in [0.3, 0.4) is 0 Å². The Morgan fingerprint density at radius 1 is 1.13 bits per heavy atom. The normalized spacial score (nSPS) is 11.3. The van der Waals surface area contributed by atoms with Gasteiger partial charge in [-0.15, -0.1) is 0 Å². The molecule has 0 spiro atoms. The van der Waals surface area contributed by atoms with Crippen molar-refractivity contribution in [3.05, 3.63) is 57.9 Å². The number of aryl methyl sites for hydroxylation is 1. The number of hydrogen-bond acceptors (Lipinski definition) is 6. The lowest BCUT2D eigenvalue weighted by Gasteiger charge is -2.25. The predicted octanol–water partition coefficient (Wildman–Crippen LogP) is 4.62. The van der Waals surface area contributed by atoms with E-state index >= 15 is 0 Å². The minimum atomic E-state index is -0.0883. The van der Waals surface area contributed by atoms with E-state index in [1.807, 2.05) is 19.1 Å². The predicted molar refractivity (Wildman–Crippen MR) is 123 cm³/mol. The van der Waals surface area contributed by atoms with Gasteiger partial charge < -0.3 is 4.90 Å². The molecule has 30 heavy (non-hydrogen) atoms. The van der Waals surface area contributed by atoms with Gasteiger partial charge in [0.25, 0.3) is 5.56 Å². The number of rotatable bonds is 7. The molecule has 3 aromatic heterocycles. The summed E-state index contributed by atoms with van der Waals surface area (Å²) in [6.45, 7) is 7.83. The van der Waals surface area contributed by atoms with Crippen LogP contribution in [0.2, 0.25) is 5.02 Å². The van der Waals surface area contributed by atoms with Crippen LogP contribution in [0.25, 0.3) is 20.9 Å². The highest BCUT2D eigenvalue weighted by atomic mass is 35.5. The van der Waals surface area contributed by atoms with Gasteiger partial charge in [-0.2, -0.15) is 5.10 Å². The van der Waals surface area contributed by atoms with Crippen LogP contribution in [-0.4, -0.2) is 37.4 Å². The average molecular weight is 443 g/mol. The van der Waals surface area contributed by atoms with Gasteiger partial charge in [-0.3, -0.25) is 4.79 Å². The van der Waals surface area contributed by atoms with Crippen molar-refractivity contribution in [2.45, 2.75) is 33.6 Å². The van der Waals surface area contributed by atoms with E-state index in [1.165, 1.54) is 17.7 Å². The van der Waals surface area contributed by atoms with Crippen molar-refractivity contribution in [3.63, 3.8) is 0 Å². The van der Waals surface area contributed by atoms with Gasteiger partial charge in [0.05, 0.1) is 11.1 Å². The van der Waals surface area contributed by atoms with Crippen LogP contribution < -0.4 is 10.5 Å². The lowest BCUT2D eigenvalue weighted by molar-refractivity contribution is 0.705. The van der Waals surface area contributed by atoms with Crippen molar-refractivity contribution in [2.24, 2.45) is 0 Å². The summed E-state index contributed by atoms with van der Waals surface area (Å²) >= 11 is 7.55. The molecular weight excluding hydrogens is 420 g/mol. The Kier molecular flexibility index (Phi) is 5.87. The van der Waals surface area contributed by atoms with Crippen LogP contribution >= 0.6 is 22.9 Å². The first-order valence-corrected chi connectivity index (χ1v) is 11.2. The Balaban J connectivity index is 2.03. The number of anilines is 1. The quantitative estimate of drug-likeness (QED) is 0.418. The zero-order valence-electron chi connectivity index (χ0n) is 17.2. The Bertz CT molecular complexity index is 1210. The summed E-state index contributed by atoms with van der Waals surface area (Å²) in [6, 6.07) is 7.30. The van der Waals surface area contributed by atoms with Gasteiger partial charge in [-0.05, 0) is 44.0 Å². The molecule has 0 aliphatic heterocycles. The summed E-state index contributed by atoms with van der Waals surface area (Å²) in [4.78, 5) is 25.7. The fourth-order valence-corrected chi connectivity index (χ4v) is 4.80. The van der Waals surface area contributed by atoms with Crippen LogP contribution in [0, 0.1) is 6.92 Å². The molecule has 4 aromatic rings. The van der Waals surface area contributed by atoms with Crippen molar-refractivity contribution in [3.8, 4) is 10.7 Å². The molecular formula is C21H23ClN6OS. The molecule has 0 bridgehead atoms. The summed E-state index contributed by atoms with van der Waals surface area (Å²) < 4.78 is 3.39. The summed E-state index contributed by atoms with van der Waals surface area (Å²) in [5, 5.41) is 6.32. The van der Waals surface area contributed by atoms with E-state index in [2.05, 4.69) is 28.8 Å². The Hall–Kier alpha value is -2.71. The maximum atomic E-state index is 13.8. The molecule has 0 aliphatic rings. The summed E-state index contributed by atoms with van der Waals surface area (Å²) in [7, 11) is 0. The minimum Gasteiger partial charge on any atom is -0.342 e. The standard InChI is InChI=1S/C21H23ClN6OS/c1-4-10-26(11-5-2)21-25-18-17(14(3)20(30-18)27-13-23-12-24-27)19(29)28(21)16-8-6-15(22)7-9-16/h6-9,12-13H,4-5,10-11H2,1-3H3. The van der Waals surface area contributed by atoms with Crippen LogP contribution in [0.5, 0.6) is 0 Å². The number of nitrogens with zero attached hydrogens (tertiary/aromatic N) is 6. The highest BCUT2D eigenvalue weighted by molar-refractivity contribution is 7.21. The maximum absolute atomic E-state index is 13.8. The smallest absolute Gasteiger partial charge is 0.268 e. The Morgan fingerprint density at radius 2 is 1.83 bits per heavy atom. The van der Waals surface area contributed by atoms with Gasteiger partial charge in [0, 0.05) is 23.7 Å². The molecule has 0 atom stereocenters. The fourth-order valence-electron chi connectivity index (χ4n) is 3.58. The SMILES string of the molecule is CCCN(CCC)c1nc2sc(-n3cncn3)c(C)c2c(=O)n1-c1ccc(Cl)cc1. The summed E-state index contributed by atoms with van der Waals surface area (Å²) in [6.07, 6.45) is 5.04. The van der Waals surface area contributed by atoms with Gasteiger partial charge in [0.15, 0.2) is 0 Å². The van der Waals surface area contributed by atoms with E-state index in [4.69, 9.17) is 16.6 Å². The van der Waals surface area contributed by atoms with E-state index < -0.39 is 0 Å². The number of hydrogen-bond donors (Lipinski definition) is 0. The lowest BCUT2D eigenvalue weighted by Crippen LogP contribution is -2.33. The largest absolute Gasteiger partial charge is 0.342 e. The maximum Gasteiger partial charge on any atom is 0.268 e. The summed E-state index contributed by atoms with van der Waals surface area (Å²) in [5.74, 6) is 0.657. The molecule has 0 saturated carbocycles. The van der Waals surface area contributed by atoms with Crippen LogP contribution in [0.15, 0.2) is 41.7 Å². The number of benzene rings is 1. The first-order valence-electron chi connectivity index (χ1n) is 9.97. The molecule has 0 unspecified atom stereocenters.